The van der Waals surface area contributed by atoms with Gasteiger partial charge in [0.25, 0.3) is 5.69 Å². The molecule has 26 heavy (non-hydrogen) atoms. The number of primary sulfonamides is 1. The third kappa shape index (κ3) is 4.48. The molecule has 0 aliphatic heterocycles. The van der Waals surface area contributed by atoms with Crippen molar-refractivity contribution in [2.75, 3.05) is 12.5 Å². The van der Waals surface area contributed by atoms with Gasteiger partial charge in [-0.25, -0.2) is 13.6 Å². The summed E-state index contributed by atoms with van der Waals surface area (Å²) < 4.78 is 27.9. The Morgan fingerprint density at radius 2 is 2.00 bits per heavy atom. The predicted molar refractivity (Wildman–Crippen MR) is 98.3 cm³/mol. The van der Waals surface area contributed by atoms with Crippen LogP contribution < -0.4 is 15.3 Å². The predicted octanol–water partition coefficient (Wildman–Crippen LogP) is 2.74. The summed E-state index contributed by atoms with van der Waals surface area (Å²) in [5.74, 6) is 0.525. The van der Waals surface area contributed by atoms with Crippen molar-refractivity contribution < 1.29 is 18.1 Å². The van der Waals surface area contributed by atoms with E-state index in [0.29, 0.717) is 22.0 Å². The average molecular weight is 399 g/mol. The van der Waals surface area contributed by atoms with Gasteiger partial charge in [0.2, 0.25) is 10.0 Å². The van der Waals surface area contributed by atoms with E-state index in [-0.39, 0.29) is 10.6 Å². The maximum atomic E-state index is 11.4. The first-order valence-corrected chi connectivity index (χ1v) is 9.01. The molecule has 2 aromatic rings. The highest BCUT2D eigenvalue weighted by atomic mass is 35.5. The number of sulfonamides is 1. The van der Waals surface area contributed by atoms with Crippen molar-refractivity contribution in [1.82, 2.24) is 0 Å². The van der Waals surface area contributed by atoms with E-state index in [2.05, 4.69) is 10.5 Å². The average Bonchev–Trinajstić information content (AvgIpc) is 2.58. The minimum Gasteiger partial charge on any atom is -0.496 e. The highest BCUT2D eigenvalue weighted by Gasteiger charge is 2.19. The van der Waals surface area contributed by atoms with Crippen molar-refractivity contribution in [3.63, 3.8) is 0 Å². The van der Waals surface area contributed by atoms with Gasteiger partial charge in [-0.1, -0.05) is 11.6 Å². The molecule has 0 saturated carbocycles. The van der Waals surface area contributed by atoms with E-state index in [4.69, 9.17) is 21.5 Å². The number of hydrogen-bond donors (Lipinski definition) is 2. The quantitative estimate of drug-likeness (QED) is 0.436. The fourth-order valence-corrected chi connectivity index (χ4v) is 2.81. The van der Waals surface area contributed by atoms with Crippen LogP contribution in [0.25, 0.3) is 0 Å². The van der Waals surface area contributed by atoms with Gasteiger partial charge in [0.1, 0.15) is 11.4 Å². The number of rotatable bonds is 6. The zero-order valence-corrected chi connectivity index (χ0v) is 15.3. The number of hydrazone groups is 1. The number of nitrogens with two attached hydrogens (primary N) is 1. The van der Waals surface area contributed by atoms with Gasteiger partial charge in [-0.15, -0.1) is 0 Å². The molecule has 0 amide bonds. The molecular weight excluding hydrogens is 384 g/mol. The Hall–Kier alpha value is -2.69. The molecular formula is C15H15ClN4O5S. The maximum absolute atomic E-state index is 11.4. The van der Waals surface area contributed by atoms with Crippen molar-refractivity contribution in [3.8, 4) is 5.75 Å². The minimum absolute atomic E-state index is 0.00254. The summed E-state index contributed by atoms with van der Waals surface area (Å²) in [6, 6.07) is 8.18. The van der Waals surface area contributed by atoms with Crippen molar-refractivity contribution in [3.05, 3.63) is 57.1 Å². The molecule has 0 aromatic heterocycles. The normalized spacial score (nSPS) is 11.9. The van der Waals surface area contributed by atoms with E-state index in [0.717, 1.165) is 12.1 Å². The molecule has 11 heteroatoms. The highest BCUT2D eigenvalue weighted by Crippen LogP contribution is 2.28. The Labute approximate surface area is 154 Å². The summed E-state index contributed by atoms with van der Waals surface area (Å²) in [7, 11) is -2.57. The molecule has 3 N–H and O–H groups in total. The molecule has 0 bridgehead atoms. The third-order valence-electron chi connectivity index (χ3n) is 3.39. The van der Waals surface area contributed by atoms with E-state index in [1.54, 1.807) is 25.1 Å². The first kappa shape index (κ1) is 19.6. The van der Waals surface area contributed by atoms with Crippen LogP contribution >= 0.6 is 11.6 Å². The Balaban J connectivity index is 2.41. The lowest BCUT2D eigenvalue weighted by atomic mass is 10.1. The van der Waals surface area contributed by atoms with E-state index in [9.17, 15) is 18.5 Å². The number of nitro benzene ring substituents is 1. The molecule has 0 heterocycles. The van der Waals surface area contributed by atoms with Crippen LogP contribution in [0.3, 0.4) is 0 Å². The number of hydrogen-bond acceptors (Lipinski definition) is 7. The van der Waals surface area contributed by atoms with Gasteiger partial charge in [0, 0.05) is 16.7 Å². The summed E-state index contributed by atoms with van der Waals surface area (Å²) in [5.41, 5.74) is 3.12. The van der Waals surface area contributed by atoms with Gasteiger partial charge in [0.05, 0.1) is 22.6 Å². The Bertz CT molecular complexity index is 992. The van der Waals surface area contributed by atoms with Crippen LogP contribution in [0.15, 0.2) is 46.4 Å². The SMILES string of the molecule is COc1ccc(Cl)cc1/C(C)=N\Nc1ccc(S(N)(=O)=O)cc1[N+](=O)[O-]. The number of nitrogens with zero attached hydrogens (tertiary/aromatic N) is 2. The van der Waals surface area contributed by atoms with Crippen LogP contribution in [0.5, 0.6) is 5.75 Å². The summed E-state index contributed by atoms with van der Waals surface area (Å²) in [6.45, 7) is 1.66. The molecule has 0 atom stereocenters. The smallest absolute Gasteiger partial charge is 0.295 e. The summed E-state index contributed by atoms with van der Waals surface area (Å²) >= 11 is 5.97. The fourth-order valence-electron chi connectivity index (χ4n) is 2.10. The van der Waals surface area contributed by atoms with Gasteiger partial charge >= 0.3 is 0 Å². The zero-order valence-electron chi connectivity index (χ0n) is 13.8. The number of nitrogens with one attached hydrogen (secondary N) is 1. The van der Waals surface area contributed by atoms with Crippen LogP contribution in [0, 0.1) is 10.1 Å². The van der Waals surface area contributed by atoms with Gasteiger partial charge in [-0.2, -0.15) is 5.10 Å². The van der Waals surface area contributed by atoms with E-state index in [1.807, 2.05) is 0 Å². The first-order chi connectivity index (χ1) is 12.1. The maximum Gasteiger partial charge on any atom is 0.295 e. The number of nitro groups is 1. The molecule has 2 aromatic carbocycles. The van der Waals surface area contributed by atoms with Crippen molar-refractivity contribution in [2.24, 2.45) is 10.2 Å². The van der Waals surface area contributed by atoms with Crippen molar-refractivity contribution >= 4 is 38.7 Å². The molecule has 0 aliphatic carbocycles. The molecule has 0 aliphatic rings. The second kappa shape index (κ2) is 7.68. The minimum atomic E-state index is -4.06. The van der Waals surface area contributed by atoms with Gasteiger partial charge in [-0.05, 0) is 37.3 Å². The first-order valence-electron chi connectivity index (χ1n) is 7.09. The second-order valence-electron chi connectivity index (χ2n) is 5.13. The molecule has 138 valence electrons. The second-order valence-corrected chi connectivity index (χ2v) is 7.13. The number of methoxy groups -OCH3 is 1. The van der Waals surface area contributed by atoms with Crippen LogP contribution in [-0.2, 0) is 10.0 Å². The van der Waals surface area contributed by atoms with E-state index < -0.39 is 20.6 Å². The molecule has 2 rings (SSSR count). The van der Waals surface area contributed by atoms with Gasteiger partial charge in [0.15, 0.2) is 0 Å². The summed E-state index contributed by atoms with van der Waals surface area (Å²) in [6.07, 6.45) is 0. The number of benzene rings is 2. The third-order valence-corrected chi connectivity index (χ3v) is 4.54. The number of anilines is 1. The van der Waals surface area contributed by atoms with E-state index >= 15 is 0 Å². The van der Waals surface area contributed by atoms with Crippen LogP contribution in [-0.4, -0.2) is 26.2 Å². The van der Waals surface area contributed by atoms with Crippen LogP contribution in [0.1, 0.15) is 12.5 Å². The Morgan fingerprint density at radius 3 is 2.58 bits per heavy atom. The molecule has 0 saturated heterocycles. The standard InChI is InChI=1S/C15H15ClN4O5S/c1-9(12-7-10(16)3-6-15(12)25-2)18-19-13-5-4-11(26(17,23)24)8-14(13)20(21)22/h3-8,19H,1-2H3,(H2,17,23,24)/b18-9-. The van der Waals surface area contributed by atoms with Crippen LogP contribution in [0.2, 0.25) is 5.02 Å². The lowest BCUT2D eigenvalue weighted by Gasteiger charge is -2.09. The number of halogens is 1. The molecule has 0 fully saturated rings. The lowest BCUT2D eigenvalue weighted by molar-refractivity contribution is -0.384. The fraction of sp³-hybridized carbons (Fsp3) is 0.133. The van der Waals surface area contributed by atoms with Crippen LogP contribution in [0.4, 0.5) is 11.4 Å². The van der Waals surface area contributed by atoms with E-state index in [1.165, 1.54) is 13.2 Å². The molecule has 0 spiro atoms. The monoisotopic (exact) mass is 398 g/mol. The van der Waals surface area contributed by atoms with Crippen molar-refractivity contribution in [1.29, 1.82) is 0 Å². The molecule has 9 nitrogen and oxygen atoms in total. The lowest BCUT2D eigenvalue weighted by Crippen LogP contribution is -2.12. The topological polar surface area (TPSA) is 137 Å². The van der Waals surface area contributed by atoms with Gasteiger partial charge < -0.3 is 4.74 Å². The van der Waals surface area contributed by atoms with Crippen molar-refractivity contribution in [2.45, 2.75) is 11.8 Å². The Morgan fingerprint density at radius 1 is 1.31 bits per heavy atom. The zero-order chi connectivity index (χ0) is 19.5. The van der Waals surface area contributed by atoms with Gasteiger partial charge in [-0.3, -0.25) is 15.5 Å². The highest BCUT2D eigenvalue weighted by molar-refractivity contribution is 7.89. The summed E-state index contributed by atoms with van der Waals surface area (Å²) in [5, 5.41) is 20.8. The number of ether oxygens (including phenoxy) is 1. The largest absolute Gasteiger partial charge is 0.496 e. The molecule has 0 radical (unpaired) electrons. The Kier molecular flexibility index (Phi) is 5.80. The summed E-state index contributed by atoms with van der Waals surface area (Å²) in [4.78, 5) is 10.1. The molecule has 0 unspecified atom stereocenters.